The van der Waals surface area contributed by atoms with Gasteiger partial charge in [0.25, 0.3) is 17.7 Å². The molecule has 0 atom stereocenters. The van der Waals surface area contributed by atoms with E-state index in [2.05, 4.69) is 43.6 Å². The van der Waals surface area contributed by atoms with Crippen molar-refractivity contribution < 1.29 is 52.5 Å². The SMILES string of the molecule is CCCCCCCCOc1cc(OCCCCCCCC)c(C(=O)Nc2cc(C)ccc2OC)cc1NC(=O)c1cc(NC(=O)c2cc([N+](=O)[O-])c(OCCCCCCCC)cc2OCCCCCCCC)c(OC)cc1OC. The number of anilines is 3. The maximum atomic E-state index is 14.8. The molecule has 79 heavy (non-hydrogen) atoms. The molecule has 0 spiro atoms. The second-order valence-electron chi connectivity index (χ2n) is 20.2. The fourth-order valence-electron chi connectivity index (χ4n) is 9.10. The molecule has 4 rings (SSSR count). The summed E-state index contributed by atoms with van der Waals surface area (Å²) in [5.41, 5.74) is 1.27. The zero-order chi connectivity index (χ0) is 57.2. The Kier molecular flexibility index (Phi) is 30.5. The van der Waals surface area contributed by atoms with Crippen LogP contribution in [0, 0.1) is 17.0 Å². The highest BCUT2D eigenvalue weighted by Gasteiger charge is 2.28. The number of hydrogen-bond acceptors (Lipinski definition) is 12. The van der Waals surface area contributed by atoms with Crippen molar-refractivity contribution in [3.8, 4) is 40.2 Å². The highest BCUT2D eigenvalue weighted by atomic mass is 16.6. The monoisotopic (exact) mass is 1100 g/mol. The predicted octanol–water partition coefficient (Wildman–Crippen LogP) is 16.6. The molecule has 16 nitrogen and oxygen atoms in total. The normalized spacial score (nSPS) is 10.9. The summed E-state index contributed by atoms with van der Waals surface area (Å²) in [4.78, 5) is 55.8. The first-order chi connectivity index (χ1) is 38.4. The van der Waals surface area contributed by atoms with Crippen molar-refractivity contribution >= 4 is 40.5 Å². The van der Waals surface area contributed by atoms with Gasteiger partial charge in [-0.3, -0.25) is 24.5 Å². The predicted molar refractivity (Wildman–Crippen MR) is 316 cm³/mol. The maximum Gasteiger partial charge on any atom is 0.312 e. The molecule has 3 amide bonds. The molecule has 0 aliphatic carbocycles. The van der Waals surface area contributed by atoms with Crippen LogP contribution in [0.15, 0.2) is 54.6 Å². The summed E-state index contributed by atoms with van der Waals surface area (Å²) >= 11 is 0. The maximum absolute atomic E-state index is 14.8. The van der Waals surface area contributed by atoms with Crippen LogP contribution in [0.2, 0.25) is 0 Å². The van der Waals surface area contributed by atoms with Crippen LogP contribution in [-0.4, -0.2) is 70.4 Å². The Balaban J connectivity index is 1.75. The van der Waals surface area contributed by atoms with Gasteiger partial charge in [0, 0.05) is 24.3 Å². The van der Waals surface area contributed by atoms with Gasteiger partial charge in [-0.15, -0.1) is 0 Å². The summed E-state index contributed by atoms with van der Waals surface area (Å²) in [5.74, 6) is -0.492. The number of ether oxygens (including phenoxy) is 7. The number of rotatable bonds is 42. The summed E-state index contributed by atoms with van der Waals surface area (Å²) in [6, 6.07) is 14.1. The number of methoxy groups -OCH3 is 3. The number of nitro groups is 1. The Morgan fingerprint density at radius 1 is 0.392 bits per heavy atom. The van der Waals surface area contributed by atoms with E-state index in [0.29, 0.717) is 30.4 Å². The topological polar surface area (TPSA) is 195 Å². The molecule has 436 valence electrons. The van der Waals surface area contributed by atoms with Crippen LogP contribution in [0.1, 0.15) is 218 Å². The number of benzene rings is 4. The number of amides is 3. The quantitative estimate of drug-likeness (QED) is 0.0216. The van der Waals surface area contributed by atoms with Crippen LogP contribution >= 0.6 is 0 Å². The molecule has 0 aliphatic heterocycles. The van der Waals surface area contributed by atoms with Crippen LogP contribution in [0.4, 0.5) is 22.7 Å². The average Bonchev–Trinajstić information content (AvgIpc) is 3.46. The minimum Gasteiger partial charge on any atom is -0.496 e. The molecular formula is C63H92N4O12. The van der Waals surface area contributed by atoms with Gasteiger partial charge in [-0.05, 0) is 62.4 Å². The number of nitro benzene ring substituents is 1. The van der Waals surface area contributed by atoms with Gasteiger partial charge in [0.15, 0.2) is 0 Å². The van der Waals surface area contributed by atoms with E-state index in [4.69, 9.17) is 33.2 Å². The number of nitrogens with zero attached hydrogens (tertiary/aromatic N) is 1. The smallest absolute Gasteiger partial charge is 0.312 e. The molecular weight excluding hydrogens is 1000 g/mol. The zero-order valence-corrected chi connectivity index (χ0v) is 48.8. The zero-order valence-electron chi connectivity index (χ0n) is 48.8. The van der Waals surface area contributed by atoms with Gasteiger partial charge in [0.2, 0.25) is 5.75 Å². The minimum atomic E-state index is -0.749. The molecule has 4 aromatic carbocycles. The molecule has 16 heteroatoms. The first kappa shape index (κ1) is 64.8. The molecule has 0 saturated carbocycles. The van der Waals surface area contributed by atoms with Crippen molar-refractivity contribution in [2.45, 2.75) is 189 Å². The molecule has 3 N–H and O–H groups in total. The lowest BCUT2D eigenvalue weighted by Gasteiger charge is -2.20. The second-order valence-corrected chi connectivity index (χ2v) is 20.2. The van der Waals surface area contributed by atoms with Crippen LogP contribution in [0.25, 0.3) is 0 Å². The Morgan fingerprint density at radius 2 is 0.722 bits per heavy atom. The first-order valence-electron chi connectivity index (χ1n) is 29.3. The molecule has 0 unspecified atom stereocenters. The third-order valence-electron chi connectivity index (χ3n) is 13.7. The summed E-state index contributed by atoms with van der Waals surface area (Å²) in [7, 11) is 4.34. The lowest BCUT2D eigenvalue weighted by molar-refractivity contribution is -0.385. The molecule has 0 saturated heterocycles. The lowest BCUT2D eigenvalue weighted by atomic mass is 10.1. The first-order valence-corrected chi connectivity index (χ1v) is 29.3. The van der Waals surface area contributed by atoms with E-state index in [1.165, 1.54) is 52.0 Å². The van der Waals surface area contributed by atoms with E-state index < -0.39 is 22.6 Å². The Morgan fingerprint density at radius 3 is 1.14 bits per heavy atom. The van der Waals surface area contributed by atoms with E-state index in [-0.39, 0.29) is 75.7 Å². The van der Waals surface area contributed by atoms with E-state index in [9.17, 15) is 24.5 Å². The number of hydrogen-bond donors (Lipinski definition) is 3. The Bertz CT molecular complexity index is 2500. The van der Waals surface area contributed by atoms with E-state index in [1.807, 2.05) is 19.1 Å². The summed E-state index contributed by atoms with van der Waals surface area (Å²) in [6.07, 6.45) is 24.6. The van der Waals surface area contributed by atoms with Crippen molar-refractivity contribution in [1.82, 2.24) is 0 Å². The average molecular weight is 1100 g/mol. The van der Waals surface area contributed by atoms with Gasteiger partial charge in [-0.2, -0.15) is 0 Å². The fraction of sp³-hybridized carbons (Fsp3) is 0.571. The third kappa shape index (κ3) is 22.2. The van der Waals surface area contributed by atoms with Gasteiger partial charge >= 0.3 is 5.69 Å². The molecule has 4 aromatic rings. The number of carbonyl (C=O) groups excluding carboxylic acids is 3. The molecule has 0 radical (unpaired) electrons. The van der Waals surface area contributed by atoms with Crippen molar-refractivity contribution in [2.75, 3.05) is 63.7 Å². The second kappa shape index (κ2) is 37.2. The van der Waals surface area contributed by atoms with Crippen molar-refractivity contribution in [3.05, 3.63) is 87.0 Å². The third-order valence-corrected chi connectivity index (χ3v) is 13.7. The summed E-state index contributed by atoms with van der Waals surface area (Å²) in [6.45, 7) is 11.8. The van der Waals surface area contributed by atoms with E-state index in [0.717, 1.165) is 153 Å². The van der Waals surface area contributed by atoms with Gasteiger partial charge in [-0.25, -0.2) is 0 Å². The fourth-order valence-corrected chi connectivity index (χ4v) is 9.10. The molecule has 0 bridgehead atoms. The van der Waals surface area contributed by atoms with E-state index in [1.54, 1.807) is 18.2 Å². The Labute approximate surface area is 470 Å². The summed E-state index contributed by atoms with van der Waals surface area (Å²) in [5, 5.41) is 21.4. The largest absolute Gasteiger partial charge is 0.496 e. The number of unbranched alkanes of at least 4 members (excludes halogenated alkanes) is 20. The van der Waals surface area contributed by atoms with Crippen LogP contribution in [0.3, 0.4) is 0 Å². The minimum absolute atomic E-state index is 0.0108. The molecule has 0 aromatic heterocycles. The van der Waals surface area contributed by atoms with E-state index >= 15 is 0 Å². The van der Waals surface area contributed by atoms with Crippen molar-refractivity contribution in [3.63, 3.8) is 0 Å². The summed E-state index contributed by atoms with van der Waals surface area (Å²) < 4.78 is 42.1. The van der Waals surface area contributed by atoms with Gasteiger partial charge in [0.1, 0.15) is 34.5 Å². The number of nitrogens with one attached hydrogen (secondary N) is 3. The van der Waals surface area contributed by atoms with Gasteiger partial charge < -0.3 is 49.1 Å². The highest BCUT2D eigenvalue weighted by molar-refractivity contribution is 6.12. The number of aryl methyl sites for hydroxylation is 1. The van der Waals surface area contributed by atoms with Gasteiger partial charge in [-0.1, -0.05) is 162 Å². The molecule has 0 aliphatic rings. The lowest BCUT2D eigenvalue weighted by Crippen LogP contribution is -2.19. The Hall–Kier alpha value is -6.71. The van der Waals surface area contributed by atoms with Crippen molar-refractivity contribution in [1.29, 1.82) is 0 Å². The van der Waals surface area contributed by atoms with Crippen molar-refractivity contribution in [2.24, 2.45) is 0 Å². The number of carbonyl (C=O) groups is 3. The van der Waals surface area contributed by atoms with Gasteiger partial charge in [0.05, 0.1) is 86.4 Å². The highest BCUT2D eigenvalue weighted by Crippen LogP contribution is 2.40. The van der Waals surface area contributed by atoms with Crippen LogP contribution < -0.4 is 49.1 Å². The molecule has 0 fully saturated rings. The standard InChI is InChI=1S/C63H92N4O12/c1-9-13-17-21-25-29-35-76-56-44-59(78-37-31-27-23-19-15-11-3)52(41-48(56)62(69)64-50-39-46(5)33-34-54(50)73-6)66-61(68)47-40-51(58(75-8)43-55(47)74-7)65-63(70)49-42-53(67(71)72)60(79-38-32-28-24-20-16-12-4)45-57(49)77-36-30-26-22-18-14-10-2/h33-34,39-45H,9-32,35-38H2,1-8H3,(H,64,69)(H,65,70)(H,66,68). The van der Waals surface area contributed by atoms with Crippen LogP contribution in [-0.2, 0) is 0 Å². The van der Waals surface area contributed by atoms with Crippen LogP contribution in [0.5, 0.6) is 40.2 Å². The molecule has 0 heterocycles.